The molecular weight excluding hydrogens is 503 g/mol. The maximum atomic E-state index is 14.4. The highest BCUT2D eigenvalue weighted by atomic mass is 35.5. The molecule has 37 heavy (non-hydrogen) atoms. The molecule has 5 aliphatic carbocycles. The van der Waals surface area contributed by atoms with Gasteiger partial charge in [0, 0.05) is 17.2 Å². The molecule has 6 aliphatic rings. The van der Waals surface area contributed by atoms with Gasteiger partial charge in [-0.3, -0.25) is 14.6 Å². The first-order valence-corrected chi connectivity index (χ1v) is 12.9. The molecule has 4 atom stereocenters. The van der Waals surface area contributed by atoms with Crippen molar-refractivity contribution < 1.29 is 9.59 Å². The molecule has 1 saturated heterocycles. The van der Waals surface area contributed by atoms with Crippen molar-refractivity contribution in [1.29, 1.82) is 0 Å². The van der Waals surface area contributed by atoms with E-state index >= 15 is 0 Å². The van der Waals surface area contributed by atoms with Gasteiger partial charge in [-0.2, -0.15) is 0 Å². The van der Waals surface area contributed by atoms with E-state index in [-0.39, 0.29) is 17.7 Å². The maximum Gasteiger partial charge on any atom is 0.239 e. The summed E-state index contributed by atoms with van der Waals surface area (Å²) >= 11 is 12.8. The lowest BCUT2D eigenvalue weighted by Gasteiger charge is -2.48. The summed E-state index contributed by atoms with van der Waals surface area (Å²) in [4.78, 5) is 34.8. The number of halogens is 2. The molecule has 4 aromatic carbocycles. The van der Waals surface area contributed by atoms with Crippen LogP contribution in [0.2, 0.25) is 10.0 Å². The van der Waals surface area contributed by atoms with E-state index in [1.165, 1.54) is 4.90 Å². The van der Waals surface area contributed by atoms with Crippen molar-refractivity contribution in [3.63, 3.8) is 0 Å². The molecular formula is C31H20Cl2N2O2. The van der Waals surface area contributed by atoms with Crippen molar-refractivity contribution >= 4 is 52.6 Å². The first-order chi connectivity index (χ1) is 18.0. The molecule has 4 nitrogen and oxygen atoms in total. The third-order valence-electron chi connectivity index (χ3n) is 8.01. The van der Waals surface area contributed by atoms with Crippen LogP contribution in [0.4, 0.5) is 11.4 Å². The summed E-state index contributed by atoms with van der Waals surface area (Å²) < 4.78 is 0. The highest BCUT2D eigenvalue weighted by Gasteiger charge is 2.65. The van der Waals surface area contributed by atoms with E-state index in [1.54, 1.807) is 36.4 Å². The average Bonchev–Trinajstić information content (AvgIpc) is 3.15. The summed E-state index contributed by atoms with van der Waals surface area (Å²) in [6, 6.07) is 30.7. The van der Waals surface area contributed by atoms with Gasteiger partial charge in [-0.15, -0.1) is 0 Å². The predicted octanol–water partition coefficient (Wildman–Crippen LogP) is 6.95. The van der Waals surface area contributed by atoms with Gasteiger partial charge in [-0.1, -0.05) is 89.9 Å². The number of hydrogen-bond donors (Lipinski definition) is 0. The van der Waals surface area contributed by atoms with Crippen LogP contribution in [0.15, 0.2) is 102 Å². The number of amides is 2. The summed E-state index contributed by atoms with van der Waals surface area (Å²) in [6.45, 7) is 0. The third-order valence-corrected chi connectivity index (χ3v) is 8.56. The van der Waals surface area contributed by atoms with E-state index in [4.69, 9.17) is 28.2 Å². The van der Waals surface area contributed by atoms with Crippen molar-refractivity contribution in [1.82, 2.24) is 0 Å². The number of rotatable bonds is 3. The number of imide groups is 1. The van der Waals surface area contributed by atoms with Gasteiger partial charge in [-0.05, 0) is 52.6 Å². The van der Waals surface area contributed by atoms with Crippen LogP contribution in [0, 0.1) is 11.8 Å². The Morgan fingerprint density at radius 1 is 0.811 bits per heavy atom. The van der Waals surface area contributed by atoms with Gasteiger partial charge >= 0.3 is 0 Å². The minimum Gasteiger partial charge on any atom is -0.274 e. The van der Waals surface area contributed by atoms with Crippen LogP contribution in [0.5, 0.6) is 0 Å². The van der Waals surface area contributed by atoms with Crippen LogP contribution >= 0.6 is 23.2 Å². The number of anilines is 1. The summed E-state index contributed by atoms with van der Waals surface area (Å²) in [5, 5.41) is 0.942. The Balaban J connectivity index is 1.53. The molecule has 0 spiro atoms. The van der Waals surface area contributed by atoms with Crippen LogP contribution in [-0.4, -0.2) is 18.0 Å². The molecule has 180 valence electrons. The van der Waals surface area contributed by atoms with Crippen molar-refractivity contribution in [3.8, 4) is 0 Å². The van der Waals surface area contributed by atoms with E-state index in [2.05, 4.69) is 36.4 Å². The molecule has 1 aliphatic heterocycles. The van der Waals surface area contributed by atoms with Gasteiger partial charge in [0.25, 0.3) is 0 Å². The van der Waals surface area contributed by atoms with Crippen LogP contribution < -0.4 is 4.90 Å². The zero-order chi connectivity index (χ0) is 25.3. The number of carbonyl (C=O) groups excluding carboxylic acids is 2. The maximum absolute atomic E-state index is 14.4. The lowest BCUT2D eigenvalue weighted by Crippen LogP contribution is -2.51. The number of aliphatic imine (C=N–C) groups is 1. The van der Waals surface area contributed by atoms with Crippen LogP contribution in [0.3, 0.4) is 0 Å². The number of para-hydroxylation sites is 1. The second-order valence-electron chi connectivity index (χ2n) is 9.76. The fraction of sp³-hybridized carbons (Fsp3) is 0.129. The minimum absolute atomic E-state index is 0.231. The van der Waals surface area contributed by atoms with Crippen molar-refractivity contribution in [2.24, 2.45) is 16.8 Å². The van der Waals surface area contributed by atoms with Crippen molar-refractivity contribution in [2.75, 3.05) is 4.90 Å². The molecule has 0 N–H and O–H groups in total. The van der Waals surface area contributed by atoms with E-state index < -0.39 is 17.3 Å². The van der Waals surface area contributed by atoms with E-state index in [1.807, 2.05) is 30.5 Å². The molecule has 1 fully saturated rings. The topological polar surface area (TPSA) is 49.7 Å². The molecule has 1 heterocycles. The highest BCUT2D eigenvalue weighted by Crippen LogP contribution is 2.60. The van der Waals surface area contributed by atoms with Gasteiger partial charge < -0.3 is 0 Å². The van der Waals surface area contributed by atoms with Crippen LogP contribution in [0.1, 0.15) is 28.2 Å². The molecule has 2 amide bonds. The fourth-order valence-electron chi connectivity index (χ4n) is 6.53. The molecule has 0 radical (unpaired) electrons. The Kier molecular flexibility index (Phi) is 4.94. The number of nitrogens with zero attached hydrogens (tertiary/aromatic N) is 2. The predicted molar refractivity (Wildman–Crippen MR) is 146 cm³/mol. The van der Waals surface area contributed by atoms with Crippen LogP contribution in [-0.2, 0) is 15.0 Å². The number of carbonyl (C=O) groups is 2. The Bertz CT molecular complexity index is 1630. The molecule has 0 unspecified atom stereocenters. The van der Waals surface area contributed by atoms with Gasteiger partial charge in [0.2, 0.25) is 11.8 Å². The lowest BCUT2D eigenvalue weighted by atomic mass is 9.52. The summed E-state index contributed by atoms with van der Waals surface area (Å²) in [7, 11) is 0. The zero-order valence-electron chi connectivity index (χ0n) is 19.5. The van der Waals surface area contributed by atoms with Gasteiger partial charge in [-0.25, -0.2) is 4.90 Å². The molecule has 0 aromatic heterocycles. The monoisotopic (exact) mass is 522 g/mol. The highest BCUT2D eigenvalue weighted by molar-refractivity contribution is 6.36. The number of hydrogen-bond acceptors (Lipinski definition) is 3. The Morgan fingerprint density at radius 3 is 2.35 bits per heavy atom. The SMILES string of the molecule is O=C1[C@@H]2[C@H]3c4ccc(cc4)[C@@](C=Nc4cccc(Cl)c4)(c4ccccc43)[C@H]2C(=O)N1c1ccccc1Cl. The Hall–Kier alpha value is -3.73. The number of benzene rings is 4. The van der Waals surface area contributed by atoms with Gasteiger partial charge in [0.15, 0.2) is 0 Å². The second-order valence-corrected chi connectivity index (χ2v) is 10.6. The third kappa shape index (κ3) is 3.06. The first kappa shape index (κ1) is 22.5. The normalized spacial score (nSPS) is 25.4. The summed E-state index contributed by atoms with van der Waals surface area (Å²) in [5.41, 5.74) is 4.12. The van der Waals surface area contributed by atoms with Crippen molar-refractivity contribution in [2.45, 2.75) is 11.3 Å². The molecule has 10 rings (SSSR count). The van der Waals surface area contributed by atoms with Crippen LogP contribution in [0.25, 0.3) is 0 Å². The Labute approximate surface area is 224 Å². The molecule has 4 aromatic rings. The average molecular weight is 523 g/mol. The van der Waals surface area contributed by atoms with Gasteiger partial charge in [0.05, 0.1) is 33.6 Å². The largest absolute Gasteiger partial charge is 0.274 e. The summed E-state index contributed by atoms with van der Waals surface area (Å²) in [6.07, 6.45) is 1.85. The molecule has 6 heteroatoms. The smallest absolute Gasteiger partial charge is 0.239 e. The van der Waals surface area contributed by atoms with Gasteiger partial charge in [0.1, 0.15) is 0 Å². The van der Waals surface area contributed by atoms with E-state index in [9.17, 15) is 9.59 Å². The minimum atomic E-state index is -0.957. The Morgan fingerprint density at radius 2 is 1.57 bits per heavy atom. The fourth-order valence-corrected chi connectivity index (χ4v) is 6.93. The second kappa shape index (κ2) is 8.14. The zero-order valence-corrected chi connectivity index (χ0v) is 21.0. The quantitative estimate of drug-likeness (QED) is 0.216. The standard InChI is InChI=1S/C31H20Cl2N2O2/c32-20-6-5-7-21(16-20)34-17-31-19-14-12-18(13-15-19)26(22-8-1-2-9-23(22)31)27-28(31)30(37)35(29(27)36)25-11-4-3-10-24(25)33/h1-17,26-28H/t26-,27+,28+,31-/m0/s1. The molecule has 0 saturated carbocycles. The first-order valence-electron chi connectivity index (χ1n) is 12.1. The lowest BCUT2D eigenvalue weighted by molar-refractivity contribution is -0.122. The van der Waals surface area contributed by atoms with E-state index in [0.717, 1.165) is 22.3 Å². The molecule has 4 bridgehead atoms. The van der Waals surface area contributed by atoms with Crippen molar-refractivity contribution in [3.05, 3.63) is 129 Å². The van der Waals surface area contributed by atoms with E-state index in [0.29, 0.717) is 21.4 Å². The summed E-state index contributed by atoms with van der Waals surface area (Å²) in [5.74, 6) is -2.02.